The first-order chi connectivity index (χ1) is 15.6. The first kappa shape index (κ1) is 20.6. The molecule has 0 aliphatic carbocycles. The molecule has 8 heteroatoms. The van der Waals surface area contributed by atoms with Crippen molar-refractivity contribution in [2.75, 3.05) is 20.3 Å². The molecule has 5 rings (SSSR count). The Morgan fingerprint density at radius 2 is 2.22 bits per heavy atom. The highest BCUT2D eigenvalue weighted by Gasteiger charge is 2.29. The van der Waals surface area contributed by atoms with E-state index in [2.05, 4.69) is 10.2 Å². The summed E-state index contributed by atoms with van der Waals surface area (Å²) >= 11 is 6.13. The van der Waals surface area contributed by atoms with E-state index in [0.717, 1.165) is 33.3 Å². The number of hydrogen-bond donors (Lipinski definition) is 2. The molecule has 2 aromatic heterocycles. The van der Waals surface area contributed by atoms with Crippen LogP contribution in [0.25, 0.3) is 22.0 Å². The van der Waals surface area contributed by atoms with E-state index in [1.807, 2.05) is 41.1 Å². The first-order valence-corrected chi connectivity index (χ1v) is 10.7. The maximum atomic E-state index is 13.5. The summed E-state index contributed by atoms with van der Waals surface area (Å²) in [5.41, 5.74) is 4.16. The predicted molar refractivity (Wildman–Crippen MR) is 122 cm³/mol. The smallest absolute Gasteiger partial charge is 0.216 e. The fourth-order valence-corrected chi connectivity index (χ4v) is 4.53. The number of nitrogens with zero attached hydrogens (tertiary/aromatic N) is 2. The molecule has 164 valence electrons. The second kappa shape index (κ2) is 8.33. The largest absolute Gasteiger partial charge is 0.493 e. The number of methoxy groups -OCH3 is 1. The molecule has 0 amide bonds. The summed E-state index contributed by atoms with van der Waals surface area (Å²) in [5.74, 6) is 1.06. The zero-order valence-electron chi connectivity index (χ0n) is 17.5. The number of benzene rings is 2. The van der Waals surface area contributed by atoms with Crippen molar-refractivity contribution in [2.24, 2.45) is 5.92 Å². The van der Waals surface area contributed by atoms with Gasteiger partial charge >= 0.3 is 0 Å². The molecule has 1 atom stereocenters. The number of aromatic amines is 1. The molecule has 0 saturated carbocycles. The summed E-state index contributed by atoms with van der Waals surface area (Å²) in [6, 6.07) is 11.4. The van der Waals surface area contributed by atoms with E-state index in [-0.39, 0.29) is 18.3 Å². The topological polar surface area (TPSA) is 89.4 Å². The zero-order valence-corrected chi connectivity index (χ0v) is 18.2. The number of halogens is 1. The molecule has 4 aromatic rings. The van der Waals surface area contributed by atoms with Gasteiger partial charge in [-0.3, -0.25) is 4.79 Å². The van der Waals surface area contributed by atoms with Crippen molar-refractivity contribution in [3.63, 3.8) is 0 Å². The van der Waals surface area contributed by atoms with Crippen LogP contribution in [0.4, 0.5) is 0 Å². The molecule has 2 N–H and O–H groups in total. The van der Waals surface area contributed by atoms with Crippen LogP contribution < -0.4 is 9.47 Å². The normalized spacial score (nSPS) is 15.4. The summed E-state index contributed by atoms with van der Waals surface area (Å²) in [4.78, 5) is 13.5. The Hall–Kier alpha value is -3.29. The number of Topliss-reactive ketones (excluding diaryl/α,β-unsaturated/α-hetero) is 1. The Bertz CT molecular complexity index is 1310. The van der Waals surface area contributed by atoms with Crippen molar-refractivity contribution in [2.45, 2.75) is 13.0 Å². The molecular formula is C24H22ClN3O4. The Morgan fingerprint density at radius 1 is 1.34 bits per heavy atom. The average Bonchev–Trinajstić information content (AvgIpc) is 3.43. The number of aliphatic hydroxyl groups is 1. The van der Waals surface area contributed by atoms with Crippen LogP contribution in [0.5, 0.6) is 11.6 Å². The molecule has 0 spiro atoms. The van der Waals surface area contributed by atoms with Gasteiger partial charge in [0.05, 0.1) is 38.0 Å². The number of aliphatic hydroxyl groups excluding tert-OH is 1. The molecule has 1 aliphatic heterocycles. The van der Waals surface area contributed by atoms with Gasteiger partial charge in [-0.2, -0.15) is 5.10 Å². The van der Waals surface area contributed by atoms with Crippen LogP contribution in [0.3, 0.4) is 0 Å². The van der Waals surface area contributed by atoms with Gasteiger partial charge in [-0.15, -0.1) is 0 Å². The summed E-state index contributed by atoms with van der Waals surface area (Å²) < 4.78 is 13.1. The van der Waals surface area contributed by atoms with E-state index in [4.69, 9.17) is 21.1 Å². The van der Waals surface area contributed by atoms with Gasteiger partial charge in [0, 0.05) is 34.2 Å². The maximum absolute atomic E-state index is 13.5. The number of rotatable bonds is 6. The zero-order chi connectivity index (χ0) is 22.2. The fraction of sp³-hybridized carbons (Fsp3) is 0.250. The van der Waals surface area contributed by atoms with E-state index >= 15 is 0 Å². The second-order valence-corrected chi connectivity index (χ2v) is 8.27. The maximum Gasteiger partial charge on any atom is 0.216 e. The molecule has 0 fully saturated rings. The third kappa shape index (κ3) is 3.53. The van der Waals surface area contributed by atoms with Crippen molar-refractivity contribution in [3.8, 4) is 22.8 Å². The molecule has 1 aliphatic rings. The predicted octanol–water partition coefficient (Wildman–Crippen LogP) is 4.12. The lowest BCUT2D eigenvalue weighted by Gasteiger charge is -2.24. The highest BCUT2D eigenvalue weighted by molar-refractivity contribution is 6.30. The van der Waals surface area contributed by atoms with Gasteiger partial charge in [0.2, 0.25) is 5.88 Å². The molecule has 0 saturated heterocycles. The van der Waals surface area contributed by atoms with Gasteiger partial charge in [0.1, 0.15) is 5.75 Å². The Labute approximate surface area is 189 Å². The van der Waals surface area contributed by atoms with E-state index < -0.39 is 0 Å². The van der Waals surface area contributed by atoms with E-state index in [1.54, 1.807) is 19.4 Å². The summed E-state index contributed by atoms with van der Waals surface area (Å²) in [5, 5.41) is 17.9. The van der Waals surface area contributed by atoms with Crippen LogP contribution >= 0.6 is 11.6 Å². The minimum absolute atomic E-state index is 0.0194. The number of H-pyrrole nitrogens is 1. The van der Waals surface area contributed by atoms with E-state index in [9.17, 15) is 9.90 Å². The van der Waals surface area contributed by atoms with Gasteiger partial charge < -0.3 is 19.1 Å². The number of aromatic nitrogens is 3. The molecule has 0 bridgehead atoms. The molecule has 7 nitrogen and oxygen atoms in total. The molecule has 0 radical (unpaired) electrons. The molecule has 2 aromatic carbocycles. The number of carbonyl (C=O) groups is 1. The summed E-state index contributed by atoms with van der Waals surface area (Å²) in [6.07, 6.45) is 4.10. The third-order valence-corrected chi connectivity index (χ3v) is 6.14. The van der Waals surface area contributed by atoms with Crippen molar-refractivity contribution in [1.29, 1.82) is 0 Å². The van der Waals surface area contributed by atoms with Crippen molar-refractivity contribution < 1.29 is 19.4 Å². The van der Waals surface area contributed by atoms with Crippen LogP contribution in [0.15, 0.2) is 48.8 Å². The minimum atomic E-state index is -0.303. The van der Waals surface area contributed by atoms with Crippen molar-refractivity contribution >= 4 is 28.3 Å². The Kier molecular flexibility index (Phi) is 5.36. The monoisotopic (exact) mass is 451 g/mol. The number of ether oxygens (including phenoxy) is 2. The van der Waals surface area contributed by atoms with Crippen LogP contribution in [0, 0.1) is 5.92 Å². The standard InChI is InChI=1S/C24H22ClN3O4/c1-31-24-19(11-26-27-24)14-2-4-18-20(12-28(6-7-29)21(18)10-14)23(30)16-8-15-9-17(25)3-5-22(15)32-13-16/h2-5,9-12,16,29H,6-8,13H2,1H3,(H,26,27)/t16-/m0/s1. The lowest BCUT2D eigenvalue weighted by atomic mass is 9.89. The van der Waals surface area contributed by atoms with Crippen LogP contribution in [-0.4, -0.2) is 46.0 Å². The van der Waals surface area contributed by atoms with Crippen molar-refractivity contribution in [3.05, 3.63) is 64.9 Å². The fourth-order valence-electron chi connectivity index (χ4n) is 4.34. The second-order valence-electron chi connectivity index (χ2n) is 7.84. The molecule has 32 heavy (non-hydrogen) atoms. The Morgan fingerprint density at radius 3 is 3.03 bits per heavy atom. The summed E-state index contributed by atoms with van der Waals surface area (Å²) in [7, 11) is 1.58. The molecule has 3 heterocycles. The number of nitrogens with one attached hydrogen (secondary N) is 1. The highest BCUT2D eigenvalue weighted by atomic mass is 35.5. The SMILES string of the molecule is COc1[nH]ncc1-c1ccc2c(C(=O)[C@@H]3COc4ccc(Cl)cc4C3)cn(CCO)c2c1. The quantitative estimate of drug-likeness (QED) is 0.430. The minimum Gasteiger partial charge on any atom is -0.493 e. The average molecular weight is 452 g/mol. The van der Waals surface area contributed by atoms with Gasteiger partial charge in [-0.05, 0) is 41.8 Å². The Balaban J connectivity index is 1.53. The van der Waals surface area contributed by atoms with Crippen LogP contribution in [0.2, 0.25) is 5.02 Å². The third-order valence-electron chi connectivity index (χ3n) is 5.91. The molecule has 0 unspecified atom stereocenters. The lowest BCUT2D eigenvalue weighted by molar-refractivity contribution is 0.0856. The number of carbonyl (C=O) groups excluding carboxylic acids is 1. The van der Waals surface area contributed by atoms with E-state index in [0.29, 0.717) is 36.0 Å². The number of fused-ring (bicyclic) bond motifs is 2. The van der Waals surface area contributed by atoms with Gasteiger partial charge in [-0.1, -0.05) is 23.7 Å². The van der Waals surface area contributed by atoms with Crippen LogP contribution in [0.1, 0.15) is 15.9 Å². The first-order valence-electron chi connectivity index (χ1n) is 10.4. The van der Waals surface area contributed by atoms with E-state index in [1.165, 1.54) is 0 Å². The van der Waals surface area contributed by atoms with Crippen molar-refractivity contribution in [1.82, 2.24) is 14.8 Å². The van der Waals surface area contributed by atoms with Gasteiger partial charge in [0.15, 0.2) is 5.78 Å². The lowest BCUT2D eigenvalue weighted by Crippen LogP contribution is -2.28. The number of ketones is 1. The molecular weight excluding hydrogens is 430 g/mol. The highest BCUT2D eigenvalue weighted by Crippen LogP contribution is 2.35. The van der Waals surface area contributed by atoms with Gasteiger partial charge in [0.25, 0.3) is 0 Å². The summed E-state index contributed by atoms with van der Waals surface area (Å²) in [6.45, 7) is 0.675. The van der Waals surface area contributed by atoms with Crippen LogP contribution in [-0.2, 0) is 13.0 Å². The number of hydrogen-bond acceptors (Lipinski definition) is 5. The van der Waals surface area contributed by atoms with Gasteiger partial charge in [-0.25, -0.2) is 5.10 Å².